The van der Waals surface area contributed by atoms with Gasteiger partial charge in [0.1, 0.15) is 11.9 Å². The van der Waals surface area contributed by atoms with Gasteiger partial charge in [0.25, 0.3) is 0 Å². The van der Waals surface area contributed by atoms with Crippen LogP contribution in [0.5, 0.6) is 0 Å². The highest BCUT2D eigenvalue weighted by atomic mass is 32.2. The summed E-state index contributed by atoms with van der Waals surface area (Å²) in [4.78, 5) is 28.0. The van der Waals surface area contributed by atoms with Gasteiger partial charge in [-0.1, -0.05) is 72.8 Å². The predicted octanol–water partition coefficient (Wildman–Crippen LogP) is 4.75. The van der Waals surface area contributed by atoms with Gasteiger partial charge >= 0.3 is 0 Å². The molecule has 0 radical (unpaired) electrons. The SMILES string of the molecule is CNC(=O)[C@@H](Cc1ccccc1)N(Cc1ccccc1C)C(=O)CSCc1ccccc1F. The molecule has 33 heavy (non-hydrogen) atoms. The van der Waals surface area contributed by atoms with E-state index in [0.29, 0.717) is 24.3 Å². The second kappa shape index (κ2) is 12.2. The summed E-state index contributed by atoms with van der Waals surface area (Å²) in [6.45, 7) is 2.33. The van der Waals surface area contributed by atoms with Crippen molar-refractivity contribution in [1.29, 1.82) is 0 Å². The minimum absolute atomic E-state index is 0.149. The van der Waals surface area contributed by atoms with Crippen LogP contribution >= 0.6 is 11.8 Å². The number of aryl methyl sites for hydroxylation is 1. The Hall–Kier alpha value is -3.12. The van der Waals surface area contributed by atoms with Crippen molar-refractivity contribution in [2.45, 2.75) is 31.7 Å². The Labute approximate surface area is 199 Å². The third-order valence-electron chi connectivity index (χ3n) is 5.56. The lowest BCUT2D eigenvalue weighted by atomic mass is 10.0. The number of likely N-dealkylation sites (N-methyl/N-ethyl adjacent to an activating group) is 1. The van der Waals surface area contributed by atoms with Gasteiger partial charge in [-0.05, 0) is 35.2 Å². The summed E-state index contributed by atoms with van der Waals surface area (Å²) < 4.78 is 14.0. The minimum atomic E-state index is -0.654. The van der Waals surface area contributed by atoms with Crippen LogP contribution in [0.3, 0.4) is 0 Å². The van der Waals surface area contributed by atoms with Gasteiger partial charge in [0.05, 0.1) is 5.75 Å². The van der Waals surface area contributed by atoms with Crippen LogP contribution in [0.1, 0.15) is 22.3 Å². The maximum absolute atomic E-state index is 14.0. The maximum atomic E-state index is 14.0. The zero-order valence-electron chi connectivity index (χ0n) is 19.0. The third-order valence-corrected chi connectivity index (χ3v) is 6.53. The Kier molecular flexibility index (Phi) is 9.07. The molecule has 0 unspecified atom stereocenters. The van der Waals surface area contributed by atoms with Crippen LogP contribution in [0.15, 0.2) is 78.9 Å². The summed E-state index contributed by atoms with van der Waals surface area (Å²) in [5.74, 6) is -0.0897. The summed E-state index contributed by atoms with van der Waals surface area (Å²) in [5.41, 5.74) is 3.59. The van der Waals surface area contributed by atoms with E-state index in [0.717, 1.165) is 16.7 Å². The second-order valence-corrected chi connectivity index (χ2v) is 8.84. The number of nitrogens with one attached hydrogen (secondary N) is 1. The molecule has 0 saturated heterocycles. The lowest BCUT2D eigenvalue weighted by molar-refractivity contribution is -0.139. The number of thioether (sulfide) groups is 1. The molecule has 0 aliphatic carbocycles. The van der Waals surface area contributed by atoms with Crippen LogP contribution in [0, 0.1) is 12.7 Å². The number of amides is 2. The van der Waals surface area contributed by atoms with Crippen LogP contribution in [0.25, 0.3) is 0 Å². The fraction of sp³-hybridized carbons (Fsp3) is 0.259. The van der Waals surface area contributed by atoms with Crippen molar-refractivity contribution in [1.82, 2.24) is 10.2 Å². The van der Waals surface area contributed by atoms with Crippen molar-refractivity contribution in [3.05, 3.63) is 107 Å². The molecule has 4 nitrogen and oxygen atoms in total. The molecule has 0 saturated carbocycles. The molecule has 0 heterocycles. The number of carbonyl (C=O) groups excluding carboxylic acids is 2. The Morgan fingerprint density at radius 3 is 2.24 bits per heavy atom. The van der Waals surface area contributed by atoms with Crippen LogP contribution in [0.2, 0.25) is 0 Å². The van der Waals surface area contributed by atoms with Gasteiger partial charge in [-0.2, -0.15) is 0 Å². The fourth-order valence-electron chi connectivity index (χ4n) is 3.64. The molecule has 0 fully saturated rings. The van der Waals surface area contributed by atoms with E-state index in [4.69, 9.17) is 0 Å². The van der Waals surface area contributed by atoms with E-state index in [1.165, 1.54) is 17.8 Å². The molecule has 172 valence electrons. The molecule has 0 aliphatic heterocycles. The summed E-state index contributed by atoms with van der Waals surface area (Å²) in [6, 6.07) is 23.5. The molecule has 0 aromatic heterocycles. The van der Waals surface area contributed by atoms with Gasteiger partial charge in [-0.3, -0.25) is 9.59 Å². The highest BCUT2D eigenvalue weighted by Crippen LogP contribution is 2.20. The van der Waals surface area contributed by atoms with Crippen LogP contribution in [0.4, 0.5) is 4.39 Å². The maximum Gasteiger partial charge on any atom is 0.242 e. The van der Waals surface area contributed by atoms with Gasteiger partial charge in [-0.25, -0.2) is 4.39 Å². The third kappa shape index (κ3) is 6.93. The van der Waals surface area contributed by atoms with Crippen LogP contribution in [-0.2, 0) is 28.3 Å². The fourth-order valence-corrected chi connectivity index (χ4v) is 4.53. The first-order valence-corrected chi connectivity index (χ1v) is 12.1. The van der Waals surface area contributed by atoms with E-state index in [-0.39, 0.29) is 23.4 Å². The second-order valence-electron chi connectivity index (χ2n) is 7.85. The quantitative estimate of drug-likeness (QED) is 0.471. The number of halogens is 1. The van der Waals surface area contributed by atoms with Crippen molar-refractivity contribution in [2.24, 2.45) is 0 Å². The molecule has 0 bridgehead atoms. The Balaban J connectivity index is 1.83. The zero-order chi connectivity index (χ0) is 23.6. The first-order chi connectivity index (χ1) is 16.0. The van der Waals surface area contributed by atoms with Crippen LogP contribution < -0.4 is 5.32 Å². The number of nitrogens with zero attached hydrogens (tertiary/aromatic N) is 1. The van der Waals surface area contributed by atoms with E-state index in [9.17, 15) is 14.0 Å². The summed E-state index contributed by atoms with van der Waals surface area (Å²) in [7, 11) is 1.59. The molecule has 3 aromatic rings. The molecule has 3 aromatic carbocycles. The first-order valence-electron chi connectivity index (χ1n) is 10.9. The summed E-state index contributed by atoms with van der Waals surface area (Å²) in [5, 5.41) is 2.72. The number of hydrogen-bond acceptors (Lipinski definition) is 3. The molecule has 0 spiro atoms. The number of benzene rings is 3. The summed E-state index contributed by atoms with van der Waals surface area (Å²) >= 11 is 1.35. The predicted molar refractivity (Wildman–Crippen MR) is 132 cm³/mol. The topological polar surface area (TPSA) is 49.4 Å². The van der Waals surface area contributed by atoms with Crippen molar-refractivity contribution >= 4 is 23.6 Å². The van der Waals surface area contributed by atoms with Gasteiger partial charge < -0.3 is 10.2 Å². The van der Waals surface area contributed by atoms with E-state index in [1.54, 1.807) is 30.1 Å². The van der Waals surface area contributed by atoms with Crippen molar-refractivity contribution in [3.63, 3.8) is 0 Å². The Morgan fingerprint density at radius 1 is 0.939 bits per heavy atom. The van der Waals surface area contributed by atoms with Crippen molar-refractivity contribution < 1.29 is 14.0 Å². The molecular weight excluding hydrogens is 435 g/mol. The normalized spacial score (nSPS) is 11.6. The molecule has 1 N–H and O–H groups in total. The molecule has 2 amide bonds. The smallest absolute Gasteiger partial charge is 0.242 e. The first kappa shape index (κ1) is 24.5. The van der Waals surface area contributed by atoms with E-state index >= 15 is 0 Å². The van der Waals surface area contributed by atoms with Gasteiger partial charge in [0.2, 0.25) is 11.8 Å². The van der Waals surface area contributed by atoms with E-state index < -0.39 is 6.04 Å². The number of rotatable bonds is 10. The average molecular weight is 465 g/mol. The number of hydrogen-bond donors (Lipinski definition) is 1. The number of carbonyl (C=O) groups is 2. The van der Waals surface area contributed by atoms with Gasteiger partial charge in [-0.15, -0.1) is 11.8 Å². The monoisotopic (exact) mass is 464 g/mol. The van der Waals surface area contributed by atoms with Crippen molar-refractivity contribution in [3.8, 4) is 0 Å². The zero-order valence-corrected chi connectivity index (χ0v) is 19.8. The largest absolute Gasteiger partial charge is 0.357 e. The molecule has 1 atom stereocenters. The van der Waals surface area contributed by atoms with Crippen LogP contribution in [-0.4, -0.2) is 35.6 Å². The Morgan fingerprint density at radius 2 is 1.58 bits per heavy atom. The van der Waals surface area contributed by atoms with E-state index in [2.05, 4.69) is 5.32 Å². The highest BCUT2D eigenvalue weighted by molar-refractivity contribution is 7.99. The van der Waals surface area contributed by atoms with Gasteiger partial charge in [0, 0.05) is 25.8 Å². The standard InChI is InChI=1S/C27H29FN2O2S/c1-20-10-6-7-13-22(20)17-30(25(27(32)29-2)16-21-11-4-3-5-12-21)26(31)19-33-18-23-14-8-9-15-24(23)28/h3-15,25H,16-19H2,1-2H3,(H,29,32)/t25-/m1/s1. The lowest BCUT2D eigenvalue weighted by Gasteiger charge is -2.31. The molecule has 6 heteroatoms. The lowest BCUT2D eigenvalue weighted by Crippen LogP contribution is -2.50. The van der Waals surface area contributed by atoms with Crippen molar-refractivity contribution in [2.75, 3.05) is 12.8 Å². The highest BCUT2D eigenvalue weighted by Gasteiger charge is 2.30. The molecular formula is C27H29FN2O2S. The summed E-state index contributed by atoms with van der Waals surface area (Å²) in [6.07, 6.45) is 0.413. The van der Waals surface area contributed by atoms with Gasteiger partial charge in [0.15, 0.2) is 0 Å². The minimum Gasteiger partial charge on any atom is -0.357 e. The molecule has 3 rings (SSSR count). The van der Waals surface area contributed by atoms with E-state index in [1.807, 2.05) is 61.5 Å². The molecule has 0 aliphatic rings. The average Bonchev–Trinajstić information content (AvgIpc) is 2.83. The Bertz CT molecular complexity index is 1070.